The smallest absolute Gasteiger partial charge is 0.352 e. The molecule has 2 N–H and O–H groups in total. The highest BCUT2D eigenvalue weighted by Gasteiger charge is 2.03. The topological polar surface area (TPSA) is 64.7 Å². The van der Waals surface area contributed by atoms with Gasteiger partial charge in [-0.05, 0) is 32.9 Å². The second kappa shape index (κ2) is 6.88. The molecule has 4 heteroatoms. The summed E-state index contributed by atoms with van der Waals surface area (Å²) >= 11 is 0. The lowest BCUT2D eigenvalue weighted by Crippen LogP contribution is -2.13. The number of nitrogens with zero attached hydrogens (tertiary/aromatic N) is 1. The third kappa shape index (κ3) is 5.99. The second-order valence-electron chi connectivity index (χ2n) is 2.69. The zero-order valence-corrected chi connectivity index (χ0v) is 8.78. The van der Waals surface area contributed by atoms with E-state index in [0.717, 1.165) is 0 Å². The van der Waals surface area contributed by atoms with Gasteiger partial charge in [-0.15, -0.1) is 0 Å². The van der Waals surface area contributed by atoms with E-state index in [1.165, 1.54) is 6.20 Å². The van der Waals surface area contributed by atoms with Crippen molar-refractivity contribution in [2.24, 2.45) is 10.7 Å². The van der Waals surface area contributed by atoms with Gasteiger partial charge in [0.15, 0.2) is 0 Å². The van der Waals surface area contributed by atoms with Crippen LogP contribution in [0.4, 0.5) is 0 Å². The average Bonchev–Trinajstić information content (AvgIpc) is 2.12. The molecule has 0 atom stereocenters. The van der Waals surface area contributed by atoms with Gasteiger partial charge in [0.2, 0.25) is 0 Å². The molecule has 0 heterocycles. The van der Waals surface area contributed by atoms with Crippen molar-refractivity contribution >= 4 is 11.7 Å². The van der Waals surface area contributed by atoms with Crippen LogP contribution in [0.1, 0.15) is 20.8 Å². The predicted molar refractivity (Wildman–Crippen MR) is 56.8 cm³/mol. The first-order valence-corrected chi connectivity index (χ1v) is 4.38. The normalized spacial score (nSPS) is 13.4. The van der Waals surface area contributed by atoms with E-state index in [-0.39, 0.29) is 0 Å². The molecule has 0 unspecified atom stereocenters. The third-order valence-electron chi connectivity index (χ3n) is 1.28. The van der Waals surface area contributed by atoms with Gasteiger partial charge in [-0.1, -0.05) is 0 Å². The lowest BCUT2D eigenvalue weighted by molar-refractivity contribution is -0.135. The molecule has 0 aliphatic heterocycles. The minimum absolute atomic E-state index is 0.325. The Morgan fingerprint density at radius 1 is 1.50 bits per heavy atom. The van der Waals surface area contributed by atoms with Crippen LogP contribution in [0.25, 0.3) is 0 Å². The summed E-state index contributed by atoms with van der Waals surface area (Å²) in [4.78, 5) is 14.9. The van der Waals surface area contributed by atoms with Crippen molar-refractivity contribution in [3.8, 4) is 0 Å². The first-order valence-electron chi connectivity index (χ1n) is 4.38. The quantitative estimate of drug-likeness (QED) is 0.420. The number of carbonyl (C=O) groups is 1. The number of carbonyl (C=O) groups excluding carboxylic acids is 1. The van der Waals surface area contributed by atoms with Crippen LogP contribution in [-0.2, 0) is 9.53 Å². The van der Waals surface area contributed by atoms with Crippen molar-refractivity contribution in [3.05, 3.63) is 24.0 Å². The van der Waals surface area contributed by atoms with Crippen molar-refractivity contribution in [3.63, 3.8) is 0 Å². The Morgan fingerprint density at radius 3 is 2.64 bits per heavy atom. The van der Waals surface area contributed by atoms with Gasteiger partial charge in [-0.2, -0.15) is 0 Å². The lowest BCUT2D eigenvalue weighted by Gasteiger charge is -1.97. The Hall–Kier alpha value is -1.58. The summed E-state index contributed by atoms with van der Waals surface area (Å²) in [5.74, 6) is -0.398. The van der Waals surface area contributed by atoms with Crippen molar-refractivity contribution in [2.75, 3.05) is 6.61 Å². The van der Waals surface area contributed by atoms with Crippen LogP contribution in [0.2, 0.25) is 0 Å². The standard InChI is InChI=1S/C10H16N2O2/c1-4-14-10(13)9(3)12-7-5-6-8(2)11/h5-7H,4,11H2,1-3H3/b7-5-,8-6+,12-9?. The van der Waals surface area contributed by atoms with Gasteiger partial charge in [-0.25, -0.2) is 4.79 Å². The number of nitrogens with two attached hydrogens (primary N) is 1. The van der Waals surface area contributed by atoms with Crippen molar-refractivity contribution in [1.29, 1.82) is 0 Å². The monoisotopic (exact) mass is 196 g/mol. The lowest BCUT2D eigenvalue weighted by atomic mass is 10.4. The highest BCUT2D eigenvalue weighted by atomic mass is 16.5. The Morgan fingerprint density at radius 2 is 2.14 bits per heavy atom. The highest BCUT2D eigenvalue weighted by Crippen LogP contribution is 1.88. The molecule has 0 saturated heterocycles. The second-order valence-corrected chi connectivity index (χ2v) is 2.69. The molecule has 0 radical (unpaired) electrons. The maximum absolute atomic E-state index is 11.0. The van der Waals surface area contributed by atoms with Gasteiger partial charge >= 0.3 is 5.97 Å². The van der Waals surface area contributed by atoms with Crippen molar-refractivity contribution in [1.82, 2.24) is 0 Å². The summed E-state index contributed by atoms with van der Waals surface area (Å²) in [5.41, 5.74) is 6.40. The molecule has 0 fully saturated rings. The number of ether oxygens (including phenoxy) is 1. The van der Waals surface area contributed by atoms with Gasteiger partial charge in [0.1, 0.15) is 5.71 Å². The van der Waals surface area contributed by atoms with E-state index >= 15 is 0 Å². The maximum Gasteiger partial charge on any atom is 0.352 e. The molecule has 0 amide bonds. The number of hydrogen-bond donors (Lipinski definition) is 1. The Labute approximate surface area is 84.2 Å². The van der Waals surface area contributed by atoms with E-state index in [1.807, 2.05) is 0 Å². The number of hydrogen-bond acceptors (Lipinski definition) is 4. The van der Waals surface area contributed by atoms with Gasteiger partial charge in [0.25, 0.3) is 0 Å². The zero-order chi connectivity index (χ0) is 11.0. The molecule has 0 rings (SSSR count). The molecule has 0 aromatic rings. The number of esters is 1. The first-order chi connectivity index (χ1) is 6.57. The van der Waals surface area contributed by atoms with Crippen molar-refractivity contribution < 1.29 is 9.53 Å². The fourth-order valence-electron chi connectivity index (χ4n) is 0.638. The van der Waals surface area contributed by atoms with E-state index in [2.05, 4.69) is 4.99 Å². The third-order valence-corrected chi connectivity index (χ3v) is 1.28. The molecule has 14 heavy (non-hydrogen) atoms. The molecule has 0 spiro atoms. The average molecular weight is 196 g/mol. The van der Waals surface area contributed by atoms with E-state index in [0.29, 0.717) is 18.0 Å². The van der Waals surface area contributed by atoms with Gasteiger partial charge in [0.05, 0.1) is 6.61 Å². The first kappa shape index (κ1) is 12.4. The zero-order valence-electron chi connectivity index (χ0n) is 8.78. The van der Waals surface area contributed by atoms with Crippen LogP contribution >= 0.6 is 0 Å². The summed E-state index contributed by atoms with van der Waals surface area (Å²) in [6.07, 6.45) is 4.86. The highest BCUT2D eigenvalue weighted by molar-refractivity contribution is 6.35. The van der Waals surface area contributed by atoms with Gasteiger partial charge in [-0.3, -0.25) is 4.99 Å². The SMILES string of the molecule is CCOC(=O)C(C)=N/C=C\C=C(/C)N. The summed E-state index contributed by atoms with van der Waals surface area (Å²) in [5, 5.41) is 0. The van der Waals surface area contributed by atoms with E-state index in [4.69, 9.17) is 10.5 Å². The summed E-state index contributed by atoms with van der Waals surface area (Å²) < 4.78 is 4.74. The van der Waals surface area contributed by atoms with Crippen LogP contribution in [0.15, 0.2) is 29.0 Å². The molecule has 0 aromatic carbocycles. The largest absolute Gasteiger partial charge is 0.462 e. The fraction of sp³-hybridized carbons (Fsp3) is 0.400. The molecule has 4 nitrogen and oxygen atoms in total. The molecule has 0 aromatic heterocycles. The van der Waals surface area contributed by atoms with E-state index in [1.54, 1.807) is 32.9 Å². The predicted octanol–water partition coefficient (Wildman–Crippen LogP) is 1.39. The Balaban J connectivity index is 4.18. The fourth-order valence-corrected chi connectivity index (χ4v) is 0.638. The number of aliphatic imine (C=N–C) groups is 1. The van der Waals surface area contributed by atoms with E-state index < -0.39 is 5.97 Å². The summed E-state index contributed by atoms with van der Waals surface area (Å²) in [7, 11) is 0. The van der Waals surface area contributed by atoms with E-state index in [9.17, 15) is 4.79 Å². The molecule has 0 aliphatic carbocycles. The van der Waals surface area contributed by atoms with Crippen LogP contribution in [0.3, 0.4) is 0 Å². The number of rotatable bonds is 4. The van der Waals surface area contributed by atoms with Crippen LogP contribution < -0.4 is 5.73 Å². The summed E-state index contributed by atoms with van der Waals surface area (Å²) in [6, 6.07) is 0. The maximum atomic E-state index is 11.0. The van der Waals surface area contributed by atoms with Crippen LogP contribution in [0, 0.1) is 0 Å². The molecule has 78 valence electrons. The minimum Gasteiger partial charge on any atom is -0.462 e. The molecule has 0 aliphatic rings. The van der Waals surface area contributed by atoms with Crippen molar-refractivity contribution in [2.45, 2.75) is 20.8 Å². The summed E-state index contributed by atoms with van der Waals surface area (Å²) in [6.45, 7) is 5.48. The number of allylic oxidation sites excluding steroid dienone is 3. The van der Waals surface area contributed by atoms with Gasteiger partial charge in [0, 0.05) is 11.9 Å². The van der Waals surface area contributed by atoms with Crippen LogP contribution in [0.5, 0.6) is 0 Å². The van der Waals surface area contributed by atoms with Crippen LogP contribution in [-0.4, -0.2) is 18.3 Å². The Kier molecular flexibility index (Phi) is 6.11. The minimum atomic E-state index is -0.398. The molecular weight excluding hydrogens is 180 g/mol. The molecular formula is C10H16N2O2. The Bertz CT molecular complexity index is 274. The molecule has 0 bridgehead atoms. The molecule has 0 saturated carbocycles. The van der Waals surface area contributed by atoms with Gasteiger partial charge < -0.3 is 10.5 Å².